The molecule has 2 heterocycles. The van der Waals surface area contributed by atoms with Gasteiger partial charge in [-0.2, -0.15) is 0 Å². The number of nitrogens with two attached hydrogens (primary N) is 1. The molecule has 19 heavy (non-hydrogen) atoms. The van der Waals surface area contributed by atoms with Gasteiger partial charge in [0, 0.05) is 28.9 Å². The molecule has 0 saturated heterocycles. The molecule has 2 N–H and O–H groups in total. The van der Waals surface area contributed by atoms with Crippen molar-refractivity contribution < 1.29 is 4.42 Å². The van der Waals surface area contributed by atoms with Crippen LogP contribution in [-0.4, -0.2) is 9.97 Å². The van der Waals surface area contributed by atoms with E-state index in [1.807, 2.05) is 44.2 Å². The van der Waals surface area contributed by atoms with Gasteiger partial charge in [0.15, 0.2) is 11.6 Å². The van der Waals surface area contributed by atoms with Crippen LogP contribution in [-0.2, 0) is 6.54 Å². The van der Waals surface area contributed by atoms with Gasteiger partial charge in [-0.1, -0.05) is 18.2 Å². The van der Waals surface area contributed by atoms with Crippen LogP contribution in [0.4, 0.5) is 0 Å². The molecule has 0 aliphatic carbocycles. The van der Waals surface area contributed by atoms with Gasteiger partial charge in [0.2, 0.25) is 0 Å². The second kappa shape index (κ2) is 4.48. The third kappa shape index (κ3) is 2.00. The quantitative estimate of drug-likeness (QED) is 0.762. The largest absolute Gasteiger partial charge is 0.453 e. The Morgan fingerprint density at radius 2 is 1.79 bits per heavy atom. The van der Waals surface area contributed by atoms with Gasteiger partial charge < -0.3 is 10.2 Å². The molecule has 0 aliphatic heterocycles. The predicted molar refractivity (Wildman–Crippen MR) is 74.6 cm³/mol. The minimum Gasteiger partial charge on any atom is -0.453 e. The maximum atomic E-state index is 5.78. The van der Waals surface area contributed by atoms with E-state index in [2.05, 4.69) is 9.97 Å². The molecule has 3 rings (SSSR count). The molecule has 0 radical (unpaired) electrons. The molecule has 4 nitrogen and oxygen atoms in total. The van der Waals surface area contributed by atoms with E-state index in [0.29, 0.717) is 18.1 Å². The Morgan fingerprint density at radius 1 is 1.11 bits per heavy atom. The normalized spacial score (nSPS) is 11.1. The molecule has 1 aromatic carbocycles. The first kappa shape index (κ1) is 11.9. The number of nitrogens with zero attached hydrogens (tertiary/aromatic N) is 2. The maximum Gasteiger partial charge on any atom is 0.196 e. The molecule has 4 heteroatoms. The van der Waals surface area contributed by atoms with Gasteiger partial charge in [-0.15, -0.1) is 0 Å². The molecule has 0 saturated carbocycles. The summed E-state index contributed by atoms with van der Waals surface area (Å²) in [5, 5.41) is 1.05. The van der Waals surface area contributed by atoms with Crippen LogP contribution in [0.5, 0.6) is 0 Å². The number of benzene rings is 1. The van der Waals surface area contributed by atoms with Crippen LogP contribution in [0, 0.1) is 13.8 Å². The highest BCUT2D eigenvalue weighted by atomic mass is 16.3. The zero-order valence-corrected chi connectivity index (χ0v) is 11.0. The summed E-state index contributed by atoms with van der Waals surface area (Å²) in [5.74, 6) is 1.30. The zero-order valence-electron chi connectivity index (χ0n) is 11.0. The third-order valence-electron chi connectivity index (χ3n) is 3.27. The molecule has 0 bridgehead atoms. The second-order valence-electron chi connectivity index (χ2n) is 4.55. The molecule has 0 amide bonds. The lowest BCUT2D eigenvalue weighted by molar-refractivity contribution is 0.624. The molecule has 0 unspecified atom stereocenters. The van der Waals surface area contributed by atoms with Gasteiger partial charge in [0.1, 0.15) is 5.58 Å². The van der Waals surface area contributed by atoms with Crippen molar-refractivity contribution in [3.05, 3.63) is 47.3 Å². The maximum absolute atomic E-state index is 5.78. The fourth-order valence-corrected chi connectivity index (χ4v) is 2.24. The van der Waals surface area contributed by atoms with Gasteiger partial charge in [-0.05, 0) is 26.0 Å². The highest BCUT2D eigenvalue weighted by Crippen LogP contribution is 2.26. The smallest absolute Gasteiger partial charge is 0.196 e. The number of aromatic nitrogens is 2. The van der Waals surface area contributed by atoms with Crippen LogP contribution in [0.2, 0.25) is 0 Å². The van der Waals surface area contributed by atoms with Gasteiger partial charge in [0.25, 0.3) is 0 Å². The number of fused-ring (bicyclic) bond motifs is 1. The Balaban J connectivity index is 2.16. The fraction of sp³-hybridized carbons (Fsp3) is 0.200. The molecule has 0 spiro atoms. The number of hydrogen-bond acceptors (Lipinski definition) is 4. The van der Waals surface area contributed by atoms with E-state index in [1.54, 1.807) is 0 Å². The van der Waals surface area contributed by atoms with E-state index in [9.17, 15) is 0 Å². The van der Waals surface area contributed by atoms with Crippen molar-refractivity contribution in [3.8, 4) is 11.6 Å². The number of furan rings is 1. The summed E-state index contributed by atoms with van der Waals surface area (Å²) in [5.41, 5.74) is 9.36. The van der Waals surface area contributed by atoms with E-state index in [1.165, 1.54) is 0 Å². The Hall–Kier alpha value is -2.20. The molecule has 0 fully saturated rings. The minimum atomic E-state index is 0.456. The molecule has 2 aromatic heterocycles. The molecule has 96 valence electrons. The van der Waals surface area contributed by atoms with Gasteiger partial charge in [-0.3, -0.25) is 0 Å². The van der Waals surface area contributed by atoms with E-state index in [-0.39, 0.29) is 0 Å². The average Bonchev–Trinajstić information content (AvgIpc) is 2.82. The number of para-hydroxylation sites is 1. The van der Waals surface area contributed by atoms with Crippen LogP contribution in [0.3, 0.4) is 0 Å². The Kier molecular flexibility index (Phi) is 2.80. The van der Waals surface area contributed by atoms with Crippen LogP contribution in [0.25, 0.3) is 22.6 Å². The highest BCUT2D eigenvalue weighted by Gasteiger charge is 2.12. The molecular formula is C15H15N3O. The first-order valence-corrected chi connectivity index (χ1v) is 6.22. The van der Waals surface area contributed by atoms with Crippen molar-refractivity contribution in [3.63, 3.8) is 0 Å². The highest BCUT2D eigenvalue weighted by molar-refractivity contribution is 5.81. The van der Waals surface area contributed by atoms with Crippen molar-refractivity contribution in [1.82, 2.24) is 9.97 Å². The molecule has 0 aliphatic rings. The minimum absolute atomic E-state index is 0.456. The van der Waals surface area contributed by atoms with E-state index >= 15 is 0 Å². The standard InChI is InChI=1S/C15H15N3O/c1-9-12(8-16)10(2)18-15(17-9)14-7-11-5-3-4-6-13(11)19-14/h3-7H,8,16H2,1-2H3. The van der Waals surface area contributed by atoms with Gasteiger partial charge >= 0.3 is 0 Å². The SMILES string of the molecule is Cc1nc(-c2cc3ccccc3o2)nc(C)c1CN. The van der Waals surface area contributed by atoms with Crippen molar-refractivity contribution in [2.45, 2.75) is 20.4 Å². The van der Waals surface area contributed by atoms with Crippen molar-refractivity contribution in [2.75, 3.05) is 0 Å². The monoisotopic (exact) mass is 253 g/mol. The van der Waals surface area contributed by atoms with Crippen molar-refractivity contribution in [1.29, 1.82) is 0 Å². The summed E-state index contributed by atoms with van der Waals surface area (Å²) < 4.78 is 5.78. The topological polar surface area (TPSA) is 64.9 Å². The summed E-state index contributed by atoms with van der Waals surface area (Å²) in [7, 11) is 0. The Morgan fingerprint density at radius 3 is 2.42 bits per heavy atom. The average molecular weight is 253 g/mol. The lowest BCUT2D eigenvalue weighted by atomic mass is 10.1. The van der Waals surface area contributed by atoms with Crippen LogP contribution < -0.4 is 5.73 Å². The van der Waals surface area contributed by atoms with Crippen LogP contribution in [0.15, 0.2) is 34.7 Å². The Bertz CT molecular complexity index is 690. The van der Waals surface area contributed by atoms with Gasteiger partial charge in [0.05, 0.1) is 0 Å². The van der Waals surface area contributed by atoms with Crippen molar-refractivity contribution in [2.24, 2.45) is 5.73 Å². The lowest BCUT2D eigenvalue weighted by Gasteiger charge is -2.07. The van der Waals surface area contributed by atoms with Crippen LogP contribution in [0.1, 0.15) is 17.0 Å². The number of rotatable bonds is 2. The summed E-state index contributed by atoms with van der Waals surface area (Å²) >= 11 is 0. The molecule has 0 atom stereocenters. The lowest BCUT2D eigenvalue weighted by Crippen LogP contribution is -2.07. The first-order chi connectivity index (χ1) is 9.19. The van der Waals surface area contributed by atoms with Crippen LogP contribution >= 0.6 is 0 Å². The fourth-order valence-electron chi connectivity index (χ4n) is 2.24. The Labute approximate surface area is 111 Å². The number of aryl methyl sites for hydroxylation is 2. The summed E-state index contributed by atoms with van der Waals surface area (Å²) in [6.07, 6.45) is 0. The summed E-state index contributed by atoms with van der Waals surface area (Å²) in [6, 6.07) is 9.84. The summed E-state index contributed by atoms with van der Waals surface area (Å²) in [6.45, 7) is 4.35. The summed E-state index contributed by atoms with van der Waals surface area (Å²) in [4.78, 5) is 8.97. The molecular weight excluding hydrogens is 238 g/mol. The van der Waals surface area contributed by atoms with E-state index in [4.69, 9.17) is 10.2 Å². The van der Waals surface area contributed by atoms with Crippen molar-refractivity contribution >= 4 is 11.0 Å². The number of hydrogen-bond donors (Lipinski definition) is 1. The predicted octanol–water partition coefficient (Wildman–Crippen LogP) is 2.97. The van der Waals surface area contributed by atoms with Gasteiger partial charge in [-0.25, -0.2) is 9.97 Å². The van der Waals surface area contributed by atoms with E-state index in [0.717, 1.165) is 27.9 Å². The van der Waals surface area contributed by atoms with E-state index < -0.39 is 0 Å². The zero-order chi connectivity index (χ0) is 13.4. The molecule has 3 aromatic rings. The second-order valence-corrected chi connectivity index (χ2v) is 4.55. The first-order valence-electron chi connectivity index (χ1n) is 6.22. The third-order valence-corrected chi connectivity index (χ3v) is 3.27.